The van der Waals surface area contributed by atoms with Gasteiger partial charge in [0.1, 0.15) is 6.26 Å². The fraction of sp³-hybridized carbons (Fsp3) is 0.111. The molecule has 0 radical (unpaired) electrons. The second kappa shape index (κ2) is 3.19. The van der Waals surface area contributed by atoms with Gasteiger partial charge in [0.25, 0.3) is 6.29 Å². The first-order valence-electron chi connectivity index (χ1n) is 3.59. The molecule has 2 nitrogen and oxygen atoms in total. The summed E-state index contributed by atoms with van der Waals surface area (Å²) >= 11 is 3.19. The summed E-state index contributed by atoms with van der Waals surface area (Å²) in [6.07, 6.45) is 1.26. The number of ether oxygens (including phenoxy) is 2. The van der Waals surface area contributed by atoms with Crippen molar-refractivity contribution in [2.45, 2.75) is 6.29 Å². The third kappa shape index (κ3) is 1.46. The first kappa shape index (κ1) is 7.68. The van der Waals surface area contributed by atoms with Gasteiger partial charge in [-0.1, -0.05) is 30.3 Å². The summed E-state index contributed by atoms with van der Waals surface area (Å²) < 4.78 is 11.2. The monoisotopic (exact) mass is 226 g/mol. The van der Waals surface area contributed by atoms with Crippen LogP contribution in [0.25, 0.3) is 0 Å². The van der Waals surface area contributed by atoms with E-state index in [9.17, 15) is 0 Å². The van der Waals surface area contributed by atoms with Crippen LogP contribution in [0.5, 0.6) is 0 Å². The van der Waals surface area contributed by atoms with Crippen molar-refractivity contribution in [1.82, 2.24) is 0 Å². The Hall–Kier alpha value is -0.960. The number of halogens is 1. The van der Waals surface area contributed by atoms with Crippen LogP contribution >= 0.6 is 15.9 Å². The molecular weight excluding hydrogens is 220 g/mol. The highest BCUT2D eigenvalue weighted by molar-refractivity contribution is 9.11. The van der Waals surface area contributed by atoms with Crippen LogP contribution in [0.4, 0.5) is 0 Å². The summed E-state index contributed by atoms with van der Waals surface area (Å²) in [5, 5.41) is 0. The van der Waals surface area contributed by atoms with Gasteiger partial charge in [-0.05, 0) is 15.9 Å². The minimum atomic E-state index is -0.291. The second-order valence-electron chi connectivity index (χ2n) is 2.42. The Morgan fingerprint density at radius 2 is 1.92 bits per heavy atom. The van der Waals surface area contributed by atoms with Crippen LogP contribution in [0.15, 0.2) is 41.3 Å². The Bertz CT molecular complexity index is 295. The van der Waals surface area contributed by atoms with Gasteiger partial charge in [0.05, 0.1) is 0 Å². The van der Waals surface area contributed by atoms with Crippen molar-refractivity contribution in [3.05, 3.63) is 46.8 Å². The summed E-state index contributed by atoms with van der Waals surface area (Å²) in [5.41, 5.74) is 1.02. The Kier molecular flexibility index (Phi) is 2.04. The van der Waals surface area contributed by atoms with E-state index in [1.807, 2.05) is 30.3 Å². The van der Waals surface area contributed by atoms with Crippen LogP contribution in [-0.4, -0.2) is 0 Å². The molecule has 0 N–H and O–H groups in total. The number of hydrogen-bond acceptors (Lipinski definition) is 2. The van der Waals surface area contributed by atoms with E-state index in [1.165, 1.54) is 0 Å². The first-order valence-corrected chi connectivity index (χ1v) is 4.38. The van der Waals surface area contributed by atoms with E-state index >= 15 is 0 Å². The maximum Gasteiger partial charge on any atom is 0.267 e. The van der Waals surface area contributed by atoms with Crippen LogP contribution in [-0.2, 0) is 9.47 Å². The molecule has 0 aromatic heterocycles. The van der Waals surface area contributed by atoms with Gasteiger partial charge >= 0.3 is 0 Å². The van der Waals surface area contributed by atoms with Crippen molar-refractivity contribution in [2.75, 3.05) is 0 Å². The lowest BCUT2D eigenvalue weighted by atomic mass is 10.2. The van der Waals surface area contributed by atoms with Crippen LogP contribution in [0.1, 0.15) is 11.9 Å². The highest BCUT2D eigenvalue weighted by Crippen LogP contribution is 2.30. The van der Waals surface area contributed by atoms with Crippen molar-refractivity contribution >= 4 is 15.9 Å². The van der Waals surface area contributed by atoms with Crippen molar-refractivity contribution in [3.8, 4) is 0 Å². The van der Waals surface area contributed by atoms with Crippen molar-refractivity contribution in [1.29, 1.82) is 0 Å². The molecule has 12 heavy (non-hydrogen) atoms. The fourth-order valence-electron chi connectivity index (χ4n) is 1.03. The molecule has 1 unspecified atom stereocenters. The van der Waals surface area contributed by atoms with E-state index in [0.29, 0.717) is 4.67 Å². The predicted molar refractivity (Wildman–Crippen MR) is 48.4 cm³/mol. The van der Waals surface area contributed by atoms with E-state index in [-0.39, 0.29) is 6.29 Å². The van der Waals surface area contributed by atoms with Gasteiger partial charge in [-0.25, -0.2) is 0 Å². The summed E-state index contributed by atoms with van der Waals surface area (Å²) in [7, 11) is 0. The summed E-state index contributed by atoms with van der Waals surface area (Å²) in [6, 6.07) is 9.79. The molecule has 62 valence electrons. The van der Waals surface area contributed by atoms with Gasteiger partial charge in [-0.2, -0.15) is 0 Å². The molecule has 0 aliphatic carbocycles. The molecule has 3 heteroatoms. The van der Waals surface area contributed by atoms with Gasteiger partial charge in [-0.15, -0.1) is 0 Å². The molecule has 0 bridgehead atoms. The normalized spacial score (nSPS) is 21.1. The van der Waals surface area contributed by atoms with E-state index < -0.39 is 0 Å². The molecule has 1 aliphatic heterocycles. The molecule has 0 spiro atoms. The summed E-state index contributed by atoms with van der Waals surface area (Å²) in [4.78, 5) is 0. The second-order valence-corrected chi connectivity index (χ2v) is 3.20. The van der Waals surface area contributed by atoms with E-state index in [0.717, 1.165) is 5.56 Å². The quantitative estimate of drug-likeness (QED) is 0.734. The zero-order chi connectivity index (χ0) is 8.39. The molecule has 0 fully saturated rings. The average molecular weight is 227 g/mol. The first-order chi connectivity index (χ1) is 5.86. The molecule has 1 aliphatic rings. The number of rotatable bonds is 1. The molecule has 1 aromatic carbocycles. The average Bonchev–Trinajstić information content (AvgIpc) is 2.54. The molecule has 0 amide bonds. The van der Waals surface area contributed by atoms with Crippen LogP contribution in [0.2, 0.25) is 0 Å². The largest absolute Gasteiger partial charge is 0.454 e. The molecule has 0 saturated carbocycles. The maximum absolute atomic E-state index is 5.30. The maximum atomic E-state index is 5.30. The topological polar surface area (TPSA) is 18.5 Å². The number of hydrogen-bond donors (Lipinski definition) is 0. The lowest BCUT2D eigenvalue weighted by Gasteiger charge is -2.09. The summed E-state index contributed by atoms with van der Waals surface area (Å²) in [6.45, 7) is 0. The van der Waals surface area contributed by atoms with Gasteiger partial charge in [-0.3, -0.25) is 0 Å². The summed E-state index contributed by atoms with van der Waals surface area (Å²) in [5.74, 6) is 0. The highest BCUT2D eigenvalue weighted by atomic mass is 79.9. The zero-order valence-corrected chi connectivity index (χ0v) is 7.82. The molecule has 1 heterocycles. The lowest BCUT2D eigenvalue weighted by Crippen LogP contribution is -1.97. The minimum Gasteiger partial charge on any atom is -0.454 e. The third-order valence-corrected chi connectivity index (χ3v) is 1.95. The van der Waals surface area contributed by atoms with Crippen LogP contribution < -0.4 is 0 Å². The highest BCUT2D eigenvalue weighted by Gasteiger charge is 2.18. The molecule has 1 atom stereocenters. The molecular formula is C9H7BrO2. The SMILES string of the molecule is BrC1=COC(c2ccccc2)O1. The van der Waals surface area contributed by atoms with Crippen molar-refractivity contribution in [3.63, 3.8) is 0 Å². The van der Waals surface area contributed by atoms with Crippen LogP contribution in [0, 0.1) is 0 Å². The van der Waals surface area contributed by atoms with Gasteiger partial charge < -0.3 is 9.47 Å². The Morgan fingerprint density at radius 3 is 2.50 bits per heavy atom. The molecule has 1 aromatic rings. The fourth-order valence-corrected chi connectivity index (χ4v) is 1.31. The van der Waals surface area contributed by atoms with E-state index in [2.05, 4.69) is 15.9 Å². The van der Waals surface area contributed by atoms with Crippen LogP contribution in [0.3, 0.4) is 0 Å². The van der Waals surface area contributed by atoms with Gasteiger partial charge in [0, 0.05) is 5.56 Å². The Labute approximate surface area is 78.9 Å². The van der Waals surface area contributed by atoms with E-state index in [4.69, 9.17) is 9.47 Å². The Morgan fingerprint density at radius 1 is 1.17 bits per heavy atom. The van der Waals surface area contributed by atoms with Crippen molar-refractivity contribution in [2.24, 2.45) is 0 Å². The van der Waals surface area contributed by atoms with E-state index in [1.54, 1.807) is 6.26 Å². The lowest BCUT2D eigenvalue weighted by molar-refractivity contribution is -0.0267. The predicted octanol–water partition coefficient (Wildman–Crippen LogP) is 2.93. The van der Waals surface area contributed by atoms with Gasteiger partial charge in [0.2, 0.25) is 4.67 Å². The standard InChI is InChI=1S/C9H7BrO2/c10-8-6-11-9(12-8)7-4-2-1-3-5-7/h1-6,9H. The number of benzene rings is 1. The van der Waals surface area contributed by atoms with Gasteiger partial charge in [0.15, 0.2) is 0 Å². The Balaban J connectivity index is 2.14. The molecule has 0 saturated heterocycles. The molecule has 2 rings (SSSR count). The smallest absolute Gasteiger partial charge is 0.267 e. The third-order valence-electron chi connectivity index (χ3n) is 1.58. The van der Waals surface area contributed by atoms with Crippen molar-refractivity contribution < 1.29 is 9.47 Å². The minimum absolute atomic E-state index is 0.291. The zero-order valence-electron chi connectivity index (χ0n) is 6.24.